The zero-order chi connectivity index (χ0) is 34.0. The first-order chi connectivity index (χ1) is 23.4. The van der Waals surface area contributed by atoms with E-state index in [2.05, 4.69) is 0 Å². The fourth-order valence-electron chi connectivity index (χ4n) is 7.46. The molecule has 5 nitrogen and oxygen atoms in total. The number of benzene rings is 2. The highest BCUT2D eigenvalue weighted by Crippen LogP contribution is 2.60. The Kier molecular flexibility index (Phi) is 6.57. The Morgan fingerprint density at radius 1 is 0.694 bits per heavy atom. The Morgan fingerprint density at radius 3 is 2.00 bits per heavy atom. The number of halogens is 3. The summed E-state index contributed by atoms with van der Waals surface area (Å²) in [6.45, 7) is 1.89. The van der Waals surface area contributed by atoms with Crippen LogP contribution in [0.3, 0.4) is 0 Å². The number of allylic oxidation sites excluding steroid dienone is 2. The fraction of sp³-hybridized carbons (Fsp3) is 0.211. The van der Waals surface area contributed by atoms with Crippen LogP contribution in [0.15, 0.2) is 48.5 Å². The van der Waals surface area contributed by atoms with Gasteiger partial charge in [-0.05, 0) is 86.2 Å². The lowest BCUT2D eigenvalue weighted by molar-refractivity contribution is -0.137. The molecular formula is C38H23F3O5S3. The summed E-state index contributed by atoms with van der Waals surface area (Å²) in [5.74, 6) is -1.96. The van der Waals surface area contributed by atoms with E-state index in [9.17, 15) is 32.3 Å². The van der Waals surface area contributed by atoms with Crippen LogP contribution in [-0.4, -0.2) is 23.1 Å². The topological polar surface area (TPSA) is 77.5 Å². The number of rotatable bonds is 2. The number of ether oxygens (including phenoxy) is 1. The van der Waals surface area contributed by atoms with Gasteiger partial charge in [-0.1, -0.05) is 30.2 Å². The normalized spacial score (nSPS) is 19.6. The van der Waals surface area contributed by atoms with E-state index in [1.807, 2.05) is 31.2 Å². The number of aryl methyl sites for hydroxylation is 1. The van der Waals surface area contributed by atoms with Crippen molar-refractivity contribution in [3.8, 4) is 15.5 Å². The average molecular weight is 713 g/mol. The van der Waals surface area contributed by atoms with Crippen molar-refractivity contribution in [3.05, 3.63) is 97.2 Å². The van der Waals surface area contributed by atoms with Crippen LogP contribution in [0.4, 0.5) is 13.2 Å². The molecule has 0 amide bonds. The smallest absolute Gasteiger partial charge is 0.416 e. The molecule has 0 bridgehead atoms. The molecule has 1 fully saturated rings. The Labute approximate surface area is 289 Å². The molecule has 0 N–H and O–H groups in total. The van der Waals surface area contributed by atoms with E-state index < -0.39 is 40.5 Å². The molecule has 0 radical (unpaired) electrons. The van der Waals surface area contributed by atoms with Gasteiger partial charge in [-0.2, -0.15) is 13.2 Å². The zero-order valence-electron chi connectivity index (χ0n) is 25.7. The molecule has 11 heteroatoms. The van der Waals surface area contributed by atoms with E-state index in [0.29, 0.717) is 16.7 Å². The summed E-state index contributed by atoms with van der Waals surface area (Å²) >= 11 is 4.57. The number of thiophene rings is 3. The SMILES string of the molecule is Cc1ccc2c(c1)C(=O)C(=O)/C2=C\c1cc2sc3c(c2s1)OC1(CCCCC1)c1cc(/C=C2\C(=O)C(=O)c4cc(C(F)(F)F)ccc42)sc1-3. The minimum absolute atomic E-state index is 0.0904. The third kappa shape index (κ3) is 4.55. The minimum Gasteiger partial charge on any atom is -0.479 e. The number of carbonyl (C=O) groups is 4. The molecule has 5 aromatic rings. The number of fused-ring (bicyclic) bond motifs is 8. The maximum Gasteiger partial charge on any atom is 0.416 e. The molecule has 3 aromatic heterocycles. The van der Waals surface area contributed by atoms with Crippen molar-refractivity contribution < 1.29 is 37.1 Å². The second-order valence-electron chi connectivity index (χ2n) is 12.9. The summed E-state index contributed by atoms with van der Waals surface area (Å²) in [4.78, 5) is 55.1. The maximum absolute atomic E-state index is 13.4. The van der Waals surface area contributed by atoms with Crippen LogP contribution in [-0.2, 0) is 21.4 Å². The van der Waals surface area contributed by atoms with Gasteiger partial charge in [0.2, 0.25) is 23.1 Å². The van der Waals surface area contributed by atoms with Crippen LogP contribution < -0.4 is 4.74 Å². The summed E-state index contributed by atoms with van der Waals surface area (Å²) < 4.78 is 49.0. The summed E-state index contributed by atoms with van der Waals surface area (Å²) in [6, 6.07) is 12.4. The van der Waals surface area contributed by atoms with Gasteiger partial charge in [0, 0.05) is 37.6 Å². The van der Waals surface area contributed by atoms with Gasteiger partial charge in [0.15, 0.2) is 5.75 Å². The molecule has 1 aliphatic heterocycles. The molecule has 244 valence electrons. The highest BCUT2D eigenvalue weighted by atomic mass is 32.1. The van der Waals surface area contributed by atoms with Gasteiger partial charge in [-0.25, -0.2) is 0 Å². The lowest BCUT2D eigenvalue weighted by Crippen LogP contribution is -2.37. The quantitative estimate of drug-likeness (QED) is 0.135. The van der Waals surface area contributed by atoms with Gasteiger partial charge in [-0.15, -0.1) is 34.0 Å². The molecular weight excluding hydrogens is 690 g/mol. The highest BCUT2D eigenvalue weighted by molar-refractivity contribution is 7.32. The molecule has 4 heterocycles. The third-order valence-corrected chi connectivity index (χ3v) is 13.4. The van der Waals surface area contributed by atoms with E-state index in [1.54, 1.807) is 29.6 Å². The number of ketones is 4. The second-order valence-corrected chi connectivity index (χ2v) is 16.1. The summed E-state index contributed by atoms with van der Waals surface area (Å²) in [5, 5.41) is 0. The summed E-state index contributed by atoms with van der Waals surface area (Å²) in [7, 11) is 0. The van der Waals surface area contributed by atoms with Crippen molar-refractivity contribution in [2.75, 3.05) is 0 Å². The molecule has 49 heavy (non-hydrogen) atoms. The van der Waals surface area contributed by atoms with Crippen molar-refractivity contribution in [2.24, 2.45) is 0 Å². The van der Waals surface area contributed by atoms with Crippen LogP contribution in [0, 0.1) is 6.92 Å². The van der Waals surface area contributed by atoms with Crippen LogP contribution >= 0.6 is 34.0 Å². The van der Waals surface area contributed by atoms with E-state index >= 15 is 0 Å². The lowest BCUT2D eigenvalue weighted by Gasteiger charge is -2.40. The van der Waals surface area contributed by atoms with Crippen molar-refractivity contribution in [1.82, 2.24) is 0 Å². The first-order valence-corrected chi connectivity index (χ1v) is 18.2. The Balaban J connectivity index is 1.14. The summed E-state index contributed by atoms with van der Waals surface area (Å²) in [5.41, 5.74) is 1.93. The van der Waals surface area contributed by atoms with E-state index in [-0.39, 0.29) is 16.7 Å². The van der Waals surface area contributed by atoms with Gasteiger partial charge in [0.05, 0.1) is 24.7 Å². The Morgan fingerprint density at radius 2 is 1.33 bits per heavy atom. The standard InChI is InChI=1S/C38H23F3O5S3/c1-17-5-7-21-23(11-17)29(42)31(44)26(21)14-20-16-28-35(48-20)33-36(49-28)34-27(37(46-33)9-3-2-4-10-37)15-19(47-34)13-25-22-8-6-18(38(39,40)41)12-24(22)30(43)32(25)45/h5-8,11-16H,2-4,9-10H2,1H3/b25-13-,26-14-. The van der Waals surface area contributed by atoms with Crippen molar-refractivity contribution in [3.63, 3.8) is 0 Å². The van der Waals surface area contributed by atoms with Crippen molar-refractivity contribution in [2.45, 2.75) is 50.8 Å². The molecule has 1 spiro atoms. The molecule has 0 saturated heterocycles. The number of hydrogen-bond donors (Lipinski definition) is 0. The van der Waals surface area contributed by atoms with Crippen LogP contribution in [0.1, 0.15) is 90.4 Å². The lowest BCUT2D eigenvalue weighted by atomic mass is 9.78. The first-order valence-electron chi connectivity index (χ1n) is 15.8. The van der Waals surface area contributed by atoms with Gasteiger partial charge < -0.3 is 4.74 Å². The van der Waals surface area contributed by atoms with Gasteiger partial charge in [0.25, 0.3) is 0 Å². The largest absolute Gasteiger partial charge is 0.479 e. The van der Waals surface area contributed by atoms with E-state index in [4.69, 9.17) is 4.74 Å². The molecule has 2 aromatic carbocycles. The summed E-state index contributed by atoms with van der Waals surface area (Å²) in [6.07, 6.45) is 3.44. The maximum atomic E-state index is 13.4. The monoisotopic (exact) mass is 712 g/mol. The highest BCUT2D eigenvalue weighted by Gasteiger charge is 2.45. The molecule has 0 atom stereocenters. The van der Waals surface area contributed by atoms with Crippen LogP contribution in [0.25, 0.3) is 42.5 Å². The molecule has 0 unspecified atom stereocenters. The third-order valence-electron chi connectivity index (χ3n) is 9.81. The molecule has 3 aliphatic carbocycles. The predicted molar refractivity (Wildman–Crippen MR) is 185 cm³/mol. The van der Waals surface area contributed by atoms with Crippen molar-refractivity contribution in [1.29, 1.82) is 0 Å². The molecule has 9 rings (SSSR count). The number of Topliss-reactive ketones (excluding diaryl/α,β-unsaturated/α-hetero) is 4. The van der Waals surface area contributed by atoms with Crippen LogP contribution in [0.5, 0.6) is 5.75 Å². The van der Waals surface area contributed by atoms with Crippen LogP contribution in [0.2, 0.25) is 0 Å². The average Bonchev–Trinajstić information content (AvgIpc) is 3.86. The number of hydrogen-bond acceptors (Lipinski definition) is 8. The number of alkyl halides is 3. The van der Waals surface area contributed by atoms with Gasteiger partial charge >= 0.3 is 6.18 Å². The molecule has 4 aliphatic rings. The number of carbonyl (C=O) groups excluding carboxylic acids is 4. The van der Waals surface area contributed by atoms with Crippen molar-refractivity contribution >= 4 is 89.8 Å². The molecule has 1 saturated carbocycles. The van der Waals surface area contributed by atoms with E-state index in [1.165, 1.54) is 28.7 Å². The van der Waals surface area contributed by atoms with Gasteiger partial charge in [0.1, 0.15) is 5.60 Å². The first kappa shape index (κ1) is 30.6. The fourth-order valence-corrected chi connectivity index (χ4v) is 11.2. The van der Waals surface area contributed by atoms with Gasteiger partial charge in [-0.3, -0.25) is 19.2 Å². The zero-order valence-corrected chi connectivity index (χ0v) is 28.2. The Bertz CT molecular complexity index is 2430. The Hall–Kier alpha value is -4.45. The van der Waals surface area contributed by atoms with E-state index in [0.717, 1.165) is 90.0 Å². The predicted octanol–water partition coefficient (Wildman–Crippen LogP) is 10.2. The minimum atomic E-state index is -4.63. The second kappa shape index (κ2) is 10.5.